The highest BCUT2D eigenvalue weighted by Crippen LogP contribution is 2.71. The van der Waals surface area contributed by atoms with E-state index in [2.05, 4.69) is 21.1 Å². The minimum absolute atomic E-state index is 0.0675. The van der Waals surface area contributed by atoms with Crippen LogP contribution in [0.4, 0.5) is 13.2 Å². The van der Waals surface area contributed by atoms with Gasteiger partial charge < -0.3 is 18.5 Å². The van der Waals surface area contributed by atoms with Crippen molar-refractivity contribution >= 4 is 0 Å². The van der Waals surface area contributed by atoms with E-state index < -0.39 is 6.36 Å². The van der Waals surface area contributed by atoms with Gasteiger partial charge in [0.1, 0.15) is 17.2 Å². The second-order valence-corrected chi connectivity index (χ2v) is 12.2. The zero-order valence-corrected chi connectivity index (χ0v) is 22.5. The number of aromatic amines is 1. The molecule has 1 N–H and O–H groups in total. The van der Waals surface area contributed by atoms with E-state index in [-0.39, 0.29) is 40.9 Å². The van der Waals surface area contributed by atoms with Gasteiger partial charge in [-0.15, -0.1) is 13.2 Å². The molecule has 4 aromatic rings. The highest BCUT2D eigenvalue weighted by Gasteiger charge is 2.68. The molecule has 11 heteroatoms. The normalized spacial score (nSPS) is 28.1. The SMILES string of the molecule is O=c1cc(-c2ccc(C34C[C@H]5CC(OCc6c(-c7ccccc7OC(F)(F)F)noc6C6CC6)C[C@@H](C3)C54)nc2)o[nH]1. The Morgan fingerprint density at radius 2 is 1.86 bits per heavy atom. The van der Waals surface area contributed by atoms with Crippen molar-refractivity contribution in [3.8, 4) is 28.3 Å². The summed E-state index contributed by atoms with van der Waals surface area (Å²) in [4.78, 5) is 16.2. The number of alkyl halides is 3. The van der Waals surface area contributed by atoms with Gasteiger partial charge in [0.05, 0.1) is 18.8 Å². The number of H-pyrrole nitrogens is 1. The molecule has 4 aliphatic rings. The number of nitrogens with one attached hydrogen (secondary N) is 1. The summed E-state index contributed by atoms with van der Waals surface area (Å²) in [7, 11) is 0. The summed E-state index contributed by atoms with van der Waals surface area (Å²) in [5, 5.41) is 6.51. The van der Waals surface area contributed by atoms with E-state index >= 15 is 0 Å². The van der Waals surface area contributed by atoms with Gasteiger partial charge in [0.25, 0.3) is 5.56 Å². The predicted molar refractivity (Wildman–Crippen MR) is 142 cm³/mol. The molecule has 8 rings (SSSR count). The number of rotatable bonds is 8. The average Bonchev–Trinajstić information content (AvgIpc) is 3.55. The van der Waals surface area contributed by atoms with Crippen LogP contribution in [0, 0.1) is 17.8 Å². The molecule has 218 valence electrons. The van der Waals surface area contributed by atoms with Crippen LogP contribution in [-0.2, 0) is 16.8 Å². The smallest absolute Gasteiger partial charge is 0.405 e. The number of aromatic nitrogens is 3. The van der Waals surface area contributed by atoms with Crippen LogP contribution in [0.15, 0.2) is 62.5 Å². The fraction of sp³-hybridized carbons (Fsp3) is 0.452. The van der Waals surface area contributed by atoms with Crippen molar-refractivity contribution in [2.24, 2.45) is 17.8 Å². The molecular formula is C31H28F3N3O5. The molecule has 4 saturated carbocycles. The molecule has 3 aromatic heterocycles. The van der Waals surface area contributed by atoms with Crippen molar-refractivity contribution < 1.29 is 31.7 Å². The van der Waals surface area contributed by atoms with E-state index in [1.54, 1.807) is 18.3 Å². The Labute approximate surface area is 238 Å². The lowest BCUT2D eigenvalue weighted by Gasteiger charge is -2.70. The second-order valence-electron chi connectivity index (χ2n) is 12.2. The monoisotopic (exact) mass is 579 g/mol. The molecule has 4 aliphatic carbocycles. The van der Waals surface area contributed by atoms with Gasteiger partial charge in [0.2, 0.25) is 0 Å². The van der Waals surface area contributed by atoms with E-state index in [0.29, 0.717) is 35.0 Å². The molecule has 5 atom stereocenters. The van der Waals surface area contributed by atoms with Crippen LogP contribution in [0.1, 0.15) is 61.5 Å². The first-order chi connectivity index (χ1) is 20.3. The van der Waals surface area contributed by atoms with Gasteiger partial charge in [0, 0.05) is 39.9 Å². The highest BCUT2D eigenvalue weighted by atomic mass is 19.4. The van der Waals surface area contributed by atoms with Gasteiger partial charge in [0.15, 0.2) is 5.76 Å². The number of hydrogen-bond acceptors (Lipinski definition) is 7. The quantitative estimate of drug-likeness (QED) is 0.247. The van der Waals surface area contributed by atoms with Gasteiger partial charge in [-0.05, 0) is 80.5 Å². The van der Waals surface area contributed by atoms with Crippen LogP contribution in [0.2, 0.25) is 0 Å². The first-order valence-electron chi connectivity index (χ1n) is 14.4. The Morgan fingerprint density at radius 1 is 1.07 bits per heavy atom. The summed E-state index contributed by atoms with van der Waals surface area (Å²) < 4.78 is 61.0. The summed E-state index contributed by atoms with van der Waals surface area (Å²) >= 11 is 0. The van der Waals surface area contributed by atoms with Crippen molar-refractivity contribution in [3.63, 3.8) is 0 Å². The lowest BCUT2D eigenvalue weighted by Crippen LogP contribution is -2.67. The molecular weight excluding hydrogens is 551 g/mol. The molecule has 0 bridgehead atoms. The molecule has 4 fully saturated rings. The van der Waals surface area contributed by atoms with Crippen LogP contribution in [0.3, 0.4) is 0 Å². The Bertz CT molecular complexity index is 1670. The topological polar surface area (TPSA) is 103 Å². The number of hydrogen-bond donors (Lipinski definition) is 1. The minimum Gasteiger partial charge on any atom is -0.405 e. The zero-order chi connectivity index (χ0) is 28.6. The van der Waals surface area contributed by atoms with E-state index in [0.717, 1.165) is 55.3 Å². The van der Waals surface area contributed by atoms with Crippen LogP contribution in [0.25, 0.3) is 22.6 Å². The first-order valence-corrected chi connectivity index (χ1v) is 14.4. The van der Waals surface area contributed by atoms with Crippen LogP contribution >= 0.6 is 0 Å². The fourth-order valence-corrected chi connectivity index (χ4v) is 7.94. The maximum Gasteiger partial charge on any atom is 0.573 e. The summed E-state index contributed by atoms with van der Waals surface area (Å²) in [6.45, 7) is 0.239. The van der Waals surface area contributed by atoms with E-state index in [9.17, 15) is 18.0 Å². The molecule has 0 radical (unpaired) electrons. The van der Waals surface area contributed by atoms with Gasteiger partial charge in [-0.25, -0.2) is 0 Å². The summed E-state index contributed by atoms with van der Waals surface area (Å²) in [6.07, 6.45) is 2.98. The average molecular weight is 580 g/mol. The van der Waals surface area contributed by atoms with Gasteiger partial charge in [-0.3, -0.25) is 9.78 Å². The number of benzene rings is 1. The fourth-order valence-electron chi connectivity index (χ4n) is 7.94. The van der Waals surface area contributed by atoms with Gasteiger partial charge >= 0.3 is 6.36 Å². The lowest BCUT2D eigenvalue weighted by atomic mass is 9.34. The van der Waals surface area contributed by atoms with Gasteiger partial charge in [-0.1, -0.05) is 17.3 Å². The number of halogens is 3. The van der Waals surface area contributed by atoms with Crippen molar-refractivity contribution in [3.05, 3.63) is 76.0 Å². The van der Waals surface area contributed by atoms with E-state index in [1.165, 1.54) is 18.2 Å². The molecule has 0 spiro atoms. The van der Waals surface area contributed by atoms with Crippen LogP contribution in [-0.4, -0.2) is 27.8 Å². The Kier molecular flexibility index (Phi) is 5.73. The molecule has 8 nitrogen and oxygen atoms in total. The van der Waals surface area contributed by atoms with Crippen molar-refractivity contribution in [1.29, 1.82) is 0 Å². The molecule has 0 aliphatic heterocycles. The van der Waals surface area contributed by atoms with Gasteiger partial charge in [-0.2, -0.15) is 5.16 Å². The number of pyridine rings is 1. The summed E-state index contributed by atoms with van der Waals surface area (Å²) in [6, 6.07) is 11.5. The maximum atomic E-state index is 13.1. The molecule has 1 aromatic carbocycles. The van der Waals surface area contributed by atoms with E-state index in [4.69, 9.17) is 18.8 Å². The minimum atomic E-state index is -4.81. The molecule has 3 unspecified atom stereocenters. The second kappa shape index (κ2) is 9.32. The number of ether oxygens (including phenoxy) is 2. The number of nitrogens with zero attached hydrogens (tertiary/aromatic N) is 2. The molecule has 3 heterocycles. The molecule has 0 amide bonds. The lowest BCUT2D eigenvalue weighted by molar-refractivity contribution is -0.274. The van der Waals surface area contributed by atoms with Crippen LogP contribution in [0.5, 0.6) is 5.75 Å². The maximum absolute atomic E-state index is 13.1. The zero-order valence-electron chi connectivity index (χ0n) is 22.5. The highest BCUT2D eigenvalue weighted by molar-refractivity contribution is 5.70. The van der Waals surface area contributed by atoms with Crippen molar-refractivity contribution in [2.45, 2.75) is 68.9 Å². The largest absolute Gasteiger partial charge is 0.573 e. The van der Waals surface area contributed by atoms with Crippen LogP contribution < -0.4 is 10.3 Å². The third-order valence-corrected chi connectivity index (χ3v) is 9.72. The third-order valence-electron chi connectivity index (χ3n) is 9.72. The first kappa shape index (κ1) is 25.8. The Balaban J connectivity index is 0.963. The predicted octanol–water partition coefficient (Wildman–Crippen LogP) is 6.73. The summed E-state index contributed by atoms with van der Waals surface area (Å²) in [5.41, 5.74) is 3.02. The third kappa shape index (κ3) is 4.28. The van der Waals surface area contributed by atoms with Crippen molar-refractivity contribution in [2.75, 3.05) is 0 Å². The molecule has 42 heavy (non-hydrogen) atoms. The molecule has 0 saturated heterocycles. The van der Waals surface area contributed by atoms with Crippen molar-refractivity contribution in [1.82, 2.24) is 15.3 Å². The Hall–Kier alpha value is -3.86. The Morgan fingerprint density at radius 3 is 2.52 bits per heavy atom. The number of para-hydroxylation sites is 1. The standard InChI is InChI=1S/C31H28F3N3O5/c32-31(33,34)40-23-4-2-1-3-21(23)28-22(29(42-37-28)16-5-6-16)15-39-20-9-18-12-30(13-19(10-20)27(18)30)25-8-7-17(14-35-25)24-11-26(38)36-41-24/h1-4,7-8,11,14,16,18-20,27H,5-6,9-10,12-13,15H2,(H,36,38)/t18-,19+,20?,27?,30?. The van der Waals surface area contributed by atoms with E-state index in [1.807, 2.05) is 6.07 Å². The summed E-state index contributed by atoms with van der Waals surface area (Å²) in [5.74, 6) is 2.80.